The standard InChI is InChI=1S/C11H11.CH4N/c1-3-7-11-9-6-5-8-10(11)4-2;1-2/h3-9H,1-2H2;1-2H2/b11-7-;. The van der Waals surface area contributed by atoms with Crippen molar-refractivity contribution in [2.24, 2.45) is 5.73 Å². The minimum Gasteiger partial charge on any atom is -0.329 e. The molecular formula is C12H15N. The van der Waals surface area contributed by atoms with Gasteiger partial charge in [0.15, 0.2) is 0 Å². The molecule has 1 nitrogen and oxygen atoms in total. The first-order valence-electron chi connectivity index (χ1n) is 3.96. The average molecular weight is 173 g/mol. The number of nitrogens with two attached hydrogens (primary N) is 1. The van der Waals surface area contributed by atoms with Gasteiger partial charge in [0, 0.05) is 13.5 Å². The van der Waals surface area contributed by atoms with Gasteiger partial charge in [0.25, 0.3) is 0 Å². The summed E-state index contributed by atoms with van der Waals surface area (Å²) < 4.78 is 0. The van der Waals surface area contributed by atoms with Gasteiger partial charge in [-0.1, -0.05) is 49.6 Å². The Hall–Kier alpha value is -1.34. The summed E-state index contributed by atoms with van der Waals surface area (Å²) >= 11 is 0. The van der Waals surface area contributed by atoms with Gasteiger partial charge in [-0.15, -0.1) is 0 Å². The molecule has 0 aromatic carbocycles. The van der Waals surface area contributed by atoms with Gasteiger partial charge in [0.1, 0.15) is 0 Å². The van der Waals surface area contributed by atoms with Gasteiger partial charge in [-0.25, -0.2) is 0 Å². The molecule has 1 heteroatoms. The number of allylic oxidation sites excluding steroid dienone is 8. The van der Waals surface area contributed by atoms with Crippen molar-refractivity contribution in [3.05, 3.63) is 74.2 Å². The van der Waals surface area contributed by atoms with Crippen molar-refractivity contribution >= 4 is 0 Å². The van der Waals surface area contributed by atoms with E-state index in [1.165, 1.54) is 0 Å². The highest BCUT2D eigenvalue weighted by atomic mass is 14.4. The fraction of sp³-hybridized carbons (Fsp3) is 0. The lowest BCUT2D eigenvalue weighted by molar-refractivity contribution is 1.44. The van der Waals surface area contributed by atoms with Crippen LogP contribution in [0.25, 0.3) is 0 Å². The monoisotopic (exact) mass is 173 g/mol. The van der Waals surface area contributed by atoms with Gasteiger partial charge in [0.05, 0.1) is 0 Å². The molecule has 0 bridgehead atoms. The Labute approximate surface area is 80.6 Å². The van der Waals surface area contributed by atoms with Crippen LogP contribution < -0.4 is 5.73 Å². The molecule has 13 heavy (non-hydrogen) atoms. The summed E-state index contributed by atoms with van der Waals surface area (Å²) in [4.78, 5) is 0. The van der Waals surface area contributed by atoms with E-state index >= 15 is 0 Å². The zero-order chi connectivity index (χ0) is 10.1. The molecule has 0 amide bonds. The third-order valence-electron chi connectivity index (χ3n) is 1.51. The molecule has 0 saturated carbocycles. The summed E-state index contributed by atoms with van der Waals surface area (Å²) in [5.74, 6) is 0. The van der Waals surface area contributed by atoms with Crippen LogP contribution in [-0.2, 0) is 0 Å². The van der Waals surface area contributed by atoms with Crippen LogP contribution in [0.5, 0.6) is 0 Å². The van der Waals surface area contributed by atoms with E-state index in [0.717, 1.165) is 11.1 Å². The lowest BCUT2D eigenvalue weighted by Crippen LogP contribution is -1.89. The fourth-order valence-electron chi connectivity index (χ4n) is 0.976. The Balaban J connectivity index is 0.000000671. The molecule has 0 aromatic heterocycles. The van der Waals surface area contributed by atoms with E-state index in [9.17, 15) is 0 Å². The van der Waals surface area contributed by atoms with Gasteiger partial charge in [-0.3, -0.25) is 0 Å². The Morgan fingerprint density at radius 1 is 1.15 bits per heavy atom. The summed E-state index contributed by atoms with van der Waals surface area (Å²) in [5, 5.41) is 0. The summed E-state index contributed by atoms with van der Waals surface area (Å²) in [6.45, 7) is 7.36. The fourth-order valence-corrected chi connectivity index (χ4v) is 0.976. The Kier molecular flexibility index (Phi) is 6.56. The topological polar surface area (TPSA) is 26.0 Å². The van der Waals surface area contributed by atoms with Gasteiger partial charge in [0.2, 0.25) is 0 Å². The van der Waals surface area contributed by atoms with Gasteiger partial charge in [-0.2, -0.15) is 0 Å². The van der Waals surface area contributed by atoms with Crippen LogP contribution in [-0.4, -0.2) is 0 Å². The van der Waals surface area contributed by atoms with Crippen molar-refractivity contribution in [1.29, 1.82) is 0 Å². The zero-order valence-electron chi connectivity index (χ0n) is 7.74. The van der Waals surface area contributed by atoms with Crippen LogP contribution in [0.4, 0.5) is 0 Å². The minimum atomic E-state index is 1.15. The predicted octanol–water partition coefficient (Wildman–Crippen LogP) is 2.72. The molecule has 1 aliphatic carbocycles. The average Bonchev–Trinajstić information content (AvgIpc) is 2.22. The van der Waals surface area contributed by atoms with E-state index < -0.39 is 0 Å². The Bertz CT molecular complexity index is 254. The molecule has 0 unspecified atom stereocenters. The van der Waals surface area contributed by atoms with Crippen molar-refractivity contribution in [3.63, 3.8) is 0 Å². The van der Waals surface area contributed by atoms with Crippen LogP contribution in [0, 0.1) is 13.5 Å². The van der Waals surface area contributed by atoms with Gasteiger partial charge in [-0.05, 0) is 11.1 Å². The molecule has 0 spiro atoms. The van der Waals surface area contributed by atoms with E-state index in [0.29, 0.717) is 0 Å². The largest absolute Gasteiger partial charge is 0.329 e. The Morgan fingerprint density at radius 2 is 1.85 bits per heavy atom. The lowest BCUT2D eigenvalue weighted by Gasteiger charge is -2.07. The SMILES string of the molecule is C=C/C=C1/[CH]C=CC=C1C=C.[CH2]N. The van der Waals surface area contributed by atoms with Crippen LogP contribution in [0.1, 0.15) is 0 Å². The molecule has 0 heterocycles. The molecule has 2 radical (unpaired) electrons. The molecule has 0 atom stereocenters. The molecule has 1 aliphatic rings. The first kappa shape index (κ1) is 11.7. The summed E-state index contributed by atoms with van der Waals surface area (Å²) in [6.07, 6.45) is 13.7. The van der Waals surface area contributed by atoms with E-state index in [1.54, 1.807) is 6.08 Å². The predicted molar refractivity (Wildman–Crippen MR) is 59.5 cm³/mol. The molecule has 0 aromatic rings. The van der Waals surface area contributed by atoms with Crippen molar-refractivity contribution in [1.82, 2.24) is 0 Å². The van der Waals surface area contributed by atoms with Crippen molar-refractivity contribution in [2.75, 3.05) is 0 Å². The molecule has 0 aliphatic heterocycles. The van der Waals surface area contributed by atoms with Crippen molar-refractivity contribution < 1.29 is 0 Å². The number of hydrogen-bond acceptors (Lipinski definition) is 1. The summed E-state index contributed by atoms with van der Waals surface area (Å²) in [7, 11) is 2.75. The maximum atomic E-state index is 4.25. The maximum Gasteiger partial charge on any atom is 0.0131 e. The highest BCUT2D eigenvalue weighted by Crippen LogP contribution is 2.18. The van der Waals surface area contributed by atoms with Crippen LogP contribution in [0.2, 0.25) is 0 Å². The lowest BCUT2D eigenvalue weighted by atomic mass is 9.98. The molecule has 1 rings (SSSR count). The third kappa shape index (κ3) is 3.72. The Morgan fingerprint density at radius 3 is 2.38 bits per heavy atom. The normalized spacial score (nSPS) is 17.1. The van der Waals surface area contributed by atoms with Gasteiger partial charge < -0.3 is 5.73 Å². The third-order valence-corrected chi connectivity index (χ3v) is 1.51. The quantitative estimate of drug-likeness (QED) is 0.682. The second-order valence-electron chi connectivity index (χ2n) is 2.24. The van der Waals surface area contributed by atoms with E-state index in [-0.39, 0.29) is 0 Å². The number of rotatable bonds is 2. The highest BCUT2D eigenvalue weighted by Gasteiger charge is 2.00. The van der Waals surface area contributed by atoms with Crippen LogP contribution >= 0.6 is 0 Å². The van der Waals surface area contributed by atoms with E-state index in [1.807, 2.05) is 36.8 Å². The van der Waals surface area contributed by atoms with Crippen LogP contribution in [0.15, 0.2) is 60.8 Å². The summed E-state index contributed by atoms with van der Waals surface area (Å²) in [6, 6.07) is 0. The second kappa shape index (κ2) is 7.32. The van der Waals surface area contributed by atoms with Crippen molar-refractivity contribution in [2.45, 2.75) is 0 Å². The van der Waals surface area contributed by atoms with E-state index in [4.69, 9.17) is 0 Å². The zero-order valence-corrected chi connectivity index (χ0v) is 7.74. The molecule has 0 saturated heterocycles. The number of hydrogen-bond donors (Lipinski definition) is 1. The minimum absolute atomic E-state index is 1.15. The first-order valence-corrected chi connectivity index (χ1v) is 3.96. The molecule has 2 N–H and O–H groups in total. The highest BCUT2D eigenvalue weighted by molar-refractivity contribution is 5.52. The maximum absolute atomic E-state index is 4.25. The summed E-state index contributed by atoms with van der Waals surface area (Å²) in [5.41, 5.74) is 6.56. The second-order valence-corrected chi connectivity index (χ2v) is 2.24. The first-order chi connectivity index (χ1) is 6.38. The molecular weight excluding hydrogens is 158 g/mol. The van der Waals surface area contributed by atoms with Crippen molar-refractivity contribution in [3.8, 4) is 0 Å². The molecule has 0 fully saturated rings. The smallest absolute Gasteiger partial charge is 0.0131 e. The van der Waals surface area contributed by atoms with Crippen LogP contribution in [0.3, 0.4) is 0 Å². The molecule has 68 valence electrons. The van der Waals surface area contributed by atoms with E-state index in [2.05, 4.69) is 25.9 Å². The van der Waals surface area contributed by atoms with Gasteiger partial charge >= 0.3 is 0 Å².